The van der Waals surface area contributed by atoms with Crippen LogP contribution in [-0.4, -0.2) is 40.7 Å². The summed E-state index contributed by atoms with van der Waals surface area (Å²) < 4.78 is 23.3. The summed E-state index contributed by atoms with van der Waals surface area (Å²) in [6.07, 6.45) is 3.11. The summed E-state index contributed by atoms with van der Waals surface area (Å²) in [5.41, 5.74) is 0.750. The highest BCUT2D eigenvalue weighted by Gasteiger charge is 2.30. The number of rotatable bonds is 3. The molecule has 23 heavy (non-hydrogen) atoms. The van der Waals surface area contributed by atoms with E-state index in [1.165, 1.54) is 18.2 Å². The maximum Gasteiger partial charge on any atom is 0.247 e. The summed E-state index contributed by atoms with van der Waals surface area (Å²) in [5.74, 6) is 0.393. The highest BCUT2D eigenvalue weighted by atomic mass is 19.1. The van der Waals surface area contributed by atoms with Gasteiger partial charge in [0.25, 0.3) is 0 Å². The van der Waals surface area contributed by atoms with Gasteiger partial charge in [-0.25, -0.2) is 4.39 Å². The van der Waals surface area contributed by atoms with Crippen LogP contribution in [-0.2, 0) is 9.53 Å². The summed E-state index contributed by atoms with van der Waals surface area (Å²) in [7, 11) is 0. The third-order valence-corrected chi connectivity index (χ3v) is 3.54. The van der Waals surface area contributed by atoms with E-state index in [9.17, 15) is 9.18 Å². The van der Waals surface area contributed by atoms with Crippen LogP contribution in [0.25, 0.3) is 6.08 Å². The van der Waals surface area contributed by atoms with Gasteiger partial charge in [0, 0.05) is 19.5 Å². The second-order valence-corrected chi connectivity index (χ2v) is 5.18. The Labute approximate surface area is 132 Å². The molecule has 0 bridgehead atoms. The van der Waals surface area contributed by atoms with E-state index in [2.05, 4.69) is 10.1 Å². The molecule has 6 nitrogen and oxygen atoms in total. The van der Waals surface area contributed by atoms with Gasteiger partial charge in [0.15, 0.2) is 5.82 Å². The maximum atomic E-state index is 12.9. The molecule has 0 aliphatic carbocycles. The Morgan fingerprint density at radius 1 is 1.39 bits per heavy atom. The predicted molar refractivity (Wildman–Crippen MR) is 79.7 cm³/mol. The van der Waals surface area contributed by atoms with Crippen molar-refractivity contribution < 1.29 is 18.4 Å². The smallest absolute Gasteiger partial charge is 0.247 e. The van der Waals surface area contributed by atoms with Gasteiger partial charge in [0.1, 0.15) is 11.9 Å². The summed E-state index contributed by atoms with van der Waals surface area (Å²) in [4.78, 5) is 18.3. The van der Waals surface area contributed by atoms with Crippen LogP contribution in [0.1, 0.15) is 23.3 Å². The average molecular weight is 317 g/mol. The van der Waals surface area contributed by atoms with Gasteiger partial charge in [-0.2, -0.15) is 4.98 Å². The Kier molecular flexibility index (Phi) is 4.47. The van der Waals surface area contributed by atoms with Crippen molar-refractivity contribution in [2.24, 2.45) is 0 Å². The normalized spacial score (nSPS) is 18.5. The lowest BCUT2D eigenvalue weighted by Gasteiger charge is -2.32. The van der Waals surface area contributed by atoms with Crippen LogP contribution < -0.4 is 0 Å². The van der Waals surface area contributed by atoms with Crippen LogP contribution in [0.5, 0.6) is 0 Å². The number of ether oxygens (including phenoxy) is 1. The molecule has 7 heteroatoms. The highest BCUT2D eigenvalue weighted by molar-refractivity contribution is 5.92. The fourth-order valence-electron chi connectivity index (χ4n) is 2.37. The van der Waals surface area contributed by atoms with Gasteiger partial charge in [-0.15, -0.1) is 0 Å². The van der Waals surface area contributed by atoms with E-state index in [0.29, 0.717) is 31.5 Å². The molecule has 1 aromatic heterocycles. The molecular weight excluding hydrogens is 301 g/mol. The van der Waals surface area contributed by atoms with Crippen molar-refractivity contribution in [1.82, 2.24) is 15.0 Å². The standard InChI is InChI=1S/C16H16FN3O3/c1-11-18-16(19-23-11)14-10-22-9-8-20(14)15(21)7-4-12-2-5-13(17)6-3-12/h2-7,14H,8-10H2,1H3/b7-4+. The number of aryl methyl sites for hydroxylation is 1. The topological polar surface area (TPSA) is 68.5 Å². The van der Waals surface area contributed by atoms with Crippen LogP contribution >= 0.6 is 0 Å². The maximum absolute atomic E-state index is 12.9. The molecule has 2 heterocycles. The van der Waals surface area contributed by atoms with E-state index in [-0.39, 0.29) is 17.8 Å². The largest absolute Gasteiger partial charge is 0.377 e. The molecule has 0 N–H and O–H groups in total. The molecule has 1 aromatic carbocycles. The molecule has 1 aliphatic rings. The molecule has 1 atom stereocenters. The zero-order valence-corrected chi connectivity index (χ0v) is 12.6. The second-order valence-electron chi connectivity index (χ2n) is 5.18. The Morgan fingerprint density at radius 2 is 2.17 bits per heavy atom. The quantitative estimate of drug-likeness (QED) is 0.811. The molecule has 0 saturated carbocycles. The number of amides is 1. The molecule has 1 fully saturated rings. The van der Waals surface area contributed by atoms with E-state index in [0.717, 1.165) is 5.56 Å². The first-order chi connectivity index (χ1) is 11.1. The Hall–Kier alpha value is -2.54. The van der Waals surface area contributed by atoms with Crippen molar-refractivity contribution >= 4 is 12.0 Å². The van der Waals surface area contributed by atoms with Crippen LogP contribution in [0, 0.1) is 12.7 Å². The predicted octanol–water partition coefficient (Wildman–Crippen LogP) is 2.13. The van der Waals surface area contributed by atoms with Gasteiger partial charge in [0.05, 0.1) is 13.2 Å². The summed E-state index contributed by atoms with van der Waals surface area (Å²) >= 11 is 0. The lowest BCUT2D eigenvalue weighted by molar-refractivity contribution is -0.135. The first-order valence-corrected chi connectivity index (χ1v) is 7.25. The molecular formula is C16H16FN3O3. The Morgan fingerprint density at radius 3 is 2.87 bits per heavy atom. The zero-order chi connectivity index (χ0) is 16.2. The van der Waals surface area contributed by atoms with Gasteiger partial charge in [0.2, 0.25) is 11.8 Å². The first-order valence-electron chi connectivity index (χ1n) is 7.25. The van der Waals surface area contributed by atoms with Gasteiger partial charge < -0.3 is 14.2 Å². The molecule has 0 radical (unpaired) electrons. The van der Waals surface area contributed by atoms with Gasteiger partial charge in [-0.05, 0) is 23.8 Å². The number of carbonyl (C=O) groups is 1. The van der Waals surface area contributed by atoms with Crippen LogP contribution in [0.2, 0.25) is 0 Å². The van der Waals surface area contributed by atoms with Crippen LogP contribution in [0.15, 0.2) is 34.9 Å². The first kappa shape index (κ1) is 15.4. The SMILES string of the molecule is Cc1nc(C2COCCN2C(=O)/C=C/c2ccc(F)cc2)no1. The molecule has 1 saturated heterocycles. The zero-order valence-electron chi connectivity index (χ0n) is 12.6. The van der Waals surface area contributed by atoms with Gasteiger partial charge >= 0.3 is 0 Å². The number of hydrogen-bond acceptors (Lipinski definition) is 5. The van der Waals surface area contributed by atoms with E-state index in [4.69, 9.17) is 9.26 Å². The minimum absolute atomic E-state index is 0.176. The number of carbonyl (C=O) groups excluding carboxylic acids is 1. The van der Waals surface area contributed by atoms with Crippen molar-refractivity contribution in [2.45, 2.75) is 13.0 Å². The molecule has 0 spiro atoms. The van der Waals surface area contributed by atoms with Crippen LogP contribution in [0.4, 0.5) is 4.39 Å². The third kappa shape index (κ3) is 3.62. The highest BCUT2D eigenvalue weighted by Crippen LogP contribution is 2.22. The summed E-state index contributed by atoms with van der Waals surface area (Å²) in [6.45, 7) is 2.93. The van der Waals surface area contributed by atoms with Crippen molar-refractivity contribution in [1.29, 1.82) is 0 Å². The number of halogens is 1. The number of aromatic nitrogens is 2. The molecule has 2 aromatic rings. The Bertz CT molecular complexity index is 712. The number of hydrogen-bond donors (Lipinski definition) is 0. The minimum Gasteiger partial charge on any atom is -0.377 e. The van der Waals surface area contributed by atoms with E-state index < -0.39 is 0 Å². The van der Waals surface area contributed by atoms with Gasteiger partial charge in [-0.3, -0.25) is 4.79 Å². The minimum atomic E-state index is -0.369. The molecule has 1 amide bonds. The summed E-state index contributed by atoms with van der Waals surface area (Å²) in [5, 5.41) is 3.87. The summed E-state index contributed by atoms with van der Waals surface area (Å²) in [6, 6.07) is 5.55. The fourth-order valence-corrected chi connectivity index (χ4v) is 2.37. The third-order valence-electron chi connectivity index (χ3n) is 3.54. The van der Waals surface area contributed by atoms with E-state index in [1.807, 2.05) is 0 Å². The van der Waals surface area contributed by atoms with E-state index in [1.54, 1.807) is 30.0 Å². The number of morpholine rings is 1. The van der Waals surface area contributed by atoms with Crippen LogP contribution in [0.3, 0.4) is 0 Å². The molecule has 3 rings (SSSR count). The number of nitrogens with zero attached hydrogens (tertiary/aromatic N) is 3. The van der Waals surface area contributed by atoms with Crippen molar-refractivity contribution in [3.63, 3.8) is 0 Å². The lowest BCUT2D eigenvalue weighted by atomic mass is 10.1. The molecule has 1 unspecified atom stereocenters. The number of benzene rings is 1. The van der Waals surface area contributed by atoms with Crippen molar-refractivity contribution in [3.05, 3.63) is 53.4 Å². The molecule has 1 aliphatic heterocycles. The van der Waals surface area contributed by atoms with Crippen molar-refractivity contribution in [3.8, 4) is 0 Å². The monoisotopic (exact) mass is 317 g/mol. The van der Waals surface area contributed by atoms with Gasteiger partial charge in [-0.1, -0.05) is 17.3 Å². The Balaban J connectivity index is 1.74. The second kappa shape index (κ2) is 6.70. The average Bonchev–Trinajstić information content (AvgIpc) is 3.00. The lowest BCUT2D eigenvalue weighted by Crippen LogP contribution is -2.43. The molecule has 120 valence electrons. The van der Waals surface area contributed by atoms with E-state index >= 15 is 0 Å². The fraction of sp³-hybridized carbons (Fsp3) is 0.312. The van der Waals surface area contributed by atoms with Crippen molar-refractivity contribution in [2.75, 3.05) is 19.8 Å².